The van der Waals surface area contributed by atoms with Crippen molar-refractivity contribution in [1.29, 1.82) is 0 Å². The van der Waals surface area contributed by atoms with Gasteiger partial charge in [-0.3, -0.25) is 29.1 Å². The second kappa shape index (κ2) is 22.6. The van der Waals surface area contributed by atoms with Crippen LogP contribution < -0.4 is 5.32 Å². The molecule has 3 fully saturated rings. The Bertz CT molecular complexity index is 2420. The maximum absolute atomic E-state index is 15.6. The minimum Gasteiger partial charge on any atom is -0.511 e. The number of carbonyl (C=O) groups is 5. The van der Waals surface area contributed by atoms with E-state index in [1.54, 1.807) is 19.9 Å². The van der Waals surface area contributed by atoms with Crippen LogP contribution >= 0.6 is 0 Å². The Kier molecular flexibility index (Phi) is 17.5. The number of amides is 1. The number of nitrogens with zero attached hydrogens (tertiary/aromatic N) is 1. The maximum Gasteiger partial charge on any atom is 0.407 e. The second-order valence-corrected chi connectivity index (χ2v) is 27.1. The molecule has 0 radical (unpaired) electrons. The number of Topliss-reactive ketones (excluding diaryl/α,β-unsaturated/α-hetero) is 1. The summed E-state index contributed by atoms with van der Waals surface area (Å²) in [6, 6.07) is 1.67. The maximum atomic E-state index is 15.6. The number of aliphatic hydroxyl groups is 1. The Morgan fingerprint density at radius 3 is 2.25 bits per heavy atom. The number of hydrogen-bond acceptors (Lipinski definition) is 17. The zero-order chi connectivity index (χ0) is 55.1. The van der Waals surface area contributed by atoms with E-state index in [-0.39, 0.29) is 36.2 Å². The summed E-state index contributed by atoms with van der Waals surface area (Å²) in [4.78, 5) is 86.5. The van der Waals surface area contributed by atoms with Crippen LogP contribution in [0.4, 0.5) is 4.79 Å². The van der Waals surface area contributed by atoms with Crippen LogP contribution in [0.3, 0.4) is 0 Å². The highest BCUT2D eigenvalue weighted by atomic mass is 28.4. The number of ketones is 1. The molecule has 7 rings (SSSR count). The van der Waals surface area contributed by atoms with Crippen LogP contribution in [0.1, 0.15) is 109 Å². The average Bonchev–Trinajstić information content (AvgIpc) is 3.61. The van der Waals surface area contributed by atoms with Gasteiger partial charge in [0.1, 0.15) is 35.9 Å². The molecule has 20 heteroatoms. The van der Waals surface area contributed by atoms with Crippen molar-refractivity contribution < 1.29 is 76.6 Å². The minimum atomic E-state index is -2.17. The Morgan fingerprint density at radius 1 is 0.947 bits per heavy atom. The summed E-state index contributed by atoms with van der Waals surface area (Å²) in [5.41, 5.74) is -4.63. The lowest BCUT2D eigenvalue weighted by Crippen LogP contribution is -2.65. The number of hydrogen-bond donors (Lipinski definition) is 2. The summed E-state index contributed by atoms with van der Waals surface area (Å²) in [6.07, 6.45) is 6.13. The molecule has 1 spiro atoms. The normalized spacial score (nSPS) is 41.3. The molecule has 0 aromatic rings. The molecule has 2 N–H and O–H groups in total. The molecule has 1 amide bonds. The lowest BCUT2D eigenvalue weighted by atomic mass is 9.49. The summed E-state index contributed by atoms with van der Waals surface area (Å²) in [5, 5.41) is 28.5. The smallest absolute Gasteiger partial charge is 0.407 e. The van der Waals surface area contributed by atoms with Crippen LogP contribution in [0.25, 0.3) is 0 Å². The number of nitrogens with one attached hydrogen (secondary N) is 1. The lowest BCUT2D eigenvalue weighted by molar-refractivity contribution is -0.584. The highest BCUT2D eigenvalue weighted by molar-refractivity contribution is 6.73. The highest BCUT2D eigenvalue weighted by Gasteiger charge is 2.65. The molecule has 18 atom stereocenters. The molecule has 7 aliphatic rings. The summed E-state index contributed by atoms with van der Waals surface area (Å²) >= 11 is 0. The van der Waals surface area contributed by atoms with Crippen molar-refractivity contribution in [2.24, 2.45) is 40.9 Å². The molecular formula is C55H78N2O17Si. The topological polar surface area (TPSA) is 244 Å². The van der Waals surface area contributed by atoms with Crippen LogP contribution in [0.2, 0.25) is 18.1 Å². The highest BCUT2D eigenvalue weighted by Crippen LogP contribution is 2.61. The molecule has 19 nitrogen and oxygen atoms in total. The summed E-state index contributed by atoms with van der Waals surface area (Å²) in [5.74, 6) is -5.97. The van der Waals surface area contributed by atoms with Crippen molar-refractivity contribution in [3.8, 4) is 0 Å². The number of nitro groups is 1. The molecule has 2 saturated heterocycles. The number of esters is 2. The third kappa shape index (κ3) is 10.8. The van der Waals surface area contributed by atoms with E-state index in [1.807, 2.05) is 45.1 Å². The first-order valence-electron chi connectivity index (χ1n) is 26.6. The molecule has 1 saturated carbocycles. The van der Waals surface area contributed by atoms with Gasteiger partial charge in [-0.15, -0.1) is 0 Å². The van der Waals surface area contributed by atoms with E-state index < -0.39 is 144 Å². The fourth-order valence-corrected chi connectivity index (χ4v) is 15.6. The molecule has 4 aliphatic carbocycles. The van der Waals surface area contributed by atoms with Gasteiger partial charge in [0.2, 0.25) is 19.6 Å². The first-order valence-corrected chi connectivity index (χ1v) is 29.1. The van der Waals surface area contributed by atoms with E-state index in [2.05, 4.69) is 46.0 Å². The molecule has 75 heavy (non-hydrogen) atoms. The van der Waals surface area contributed by atoms with E-state index in [0.29, 0.717) is 18.3 Å². The Morgan fingerprint density at radius 2 is 1.64 bits per heavy atom. The standard InChI is InChI=1S/C55H78N2O17Si/c1-14-75(15-2,16-3)74-73-41-21-22-43(67-33(41)8)71-47-32(7)23-31(6)46-37(47)18-19-38-29(4)17-20-40(70-44-27-53(11,57(64)65)48(34(9)68-44)56-52(63)66-13)30(5)24-39-42(69-35(10)59)25-36(28-58)26-55(39)50(61)45(51(62)72-55)49(60)54(38,46)12/h17-19,21-22,24-25,28,31-34,37-44,46-48,60H,14-16,20,23,26-27H2,1-13H3,(H,56,63)/b29-17+,30-24-,49-45?/t31-,32-,33-,34-,37-,38-,39+,40-,41-,42-,43?,44-,46+,47-,48?,53?,54+,55-/m0/s1. The van der Waals surface area contributed by atoms with Crippen molar-refractivity contribution in [3.63, 3.8) is 0 Å². The molecule has 2 bridgehead atoms. The van der Waals surface area contributed by atoms with Crippen molar-refractivity contribution in [1.82, 2.24) is 5.32 Å². The molecule has 414 valence electrons. The largest absolute Gasteiger partial charge is 0.511 e. The SMILES string of the molecule is CC[Si](CC)(CC)OO[C@H]1C=CC(O[C@@H]2[C@H]3C=C[C@H]4/C(C)=C/C[C@H](O[C@H]5CC(C)([N+](=O)[O-])C(NC(=O)OC)[C@H](C)O5)/C(C)=C\[C@@H]5[C@@H](OC(C)=O)C=C(C=O)C[C@]56OC(=O)C(=C(O)[C@@]4(C)[C@@H]3[C@@H](C)C[C@@H]2C)C6=O)O[C@H]1C. The van der Waals surface area contributed by atoms with Crippen LogP contribution in [-0.4, -0.2) is 122 Å². The molecule has 3 heterocycles. The number of rotatable bonds is 14. The monoisotopic (exact) mass is 1070 g/mol. The Labute approximate surface area is 441 Å². The van der Waals surface area contributed by atoms with Gasteiger partial charge in [0.15, 0.2) is 18.2 Å². The van der Waals surface area contributed by atoms with Gasteiger partial charge < -0.3 is 43.6 Å². The van der Waals surface area contributed by atoms with Gasteiger partial charge in [-0.25, -0.2) is 14.5 Å². The van der Waals surface area contributed by atoms with Crippen molar-refractivity contribution in [2.75, 3.05) is 7.11 Å². The summed E-state index contributed by atoms with van der Waals surface area (Å²) in [7, 11) is -0.898. The fraction of sp³-hybridized carbons (Fsp3) is 0.691. The van der Waals surface area contributed by atoms with Crippen LogP contribution in [-0.2, 0) is 61.8 Å². The zero-order valence-corrected chi connectivity index (χ0v) is 46.7. The third-order valence-electron chi connectivity index (χ3n) is 17.8. The molecular weight excluding hydrogens is 989 g/mol. The van der Waals surface area contributed by atoms with Crippen LogP contribution in [0.5, 0.6) is 0 Å². The Balaban J connectivity index is 1.32. The lowest BCUT2D eigenvalue weighted by Gasteiger charge is -2.56. The molecule has 0 aromatic carbocycles. The van der Waals surface area contributed by atoms with Gasteiger partial charge in [0.05, 0.1) is 43.9 Å². The van der Waals surface area contributed by atoms with E-state index >= 15 is 4.79 Å². The van der Waals surface area contributed by atoms with E-state index in [4.69, 9.17) is 42.6 Å². The summed E-state index contributed by atoms with van der Waals surface area (Å²) in [6.45, 7) is 22.2. The van der Waals surface area contributed by atoms with E-state index in [1.165, 1.54) is 19.9 Å². The molecule has 3 unspecified atom stereocenters. The molecule has 0 aromatic heterocycles. The number of methoxy groups -OCH3 is 1. The fourth-order valence-electron chi connectivity index (χ4n) is 13.4. The number of alkyl carbamates (subject to hydrolysis) is 1. The van der Waals surface area contributed by atoms with Crippen LogP contribution in [0, 0.1) is 51.0 Å². The minimum absolute atomic E-state index is 0.00129. The van der Waals surface area contributed by atoms with Gasteiger partial charge in [-0.2, -0.15) is 0 Å². The van der Waals surface area contributed by atoms with E-state index in [9.17, 15) is 34.4 Å². The zero-order valence-electron chi connectivity index (χ0n) is 45.7. The predicted octanol–water partition coefficient (Wildman–Crippen LogP) is 8.43. The second-order valence-electron chi connectivity index (χ2n) is 22.4. The Hall–Kier alpha value is -4.83. The van der Waals surface area contributed by atoms with Crippen molar-refractivity contribution in [2.45, 2.75) is 193 Å². The quantitative estimate of drug-likeness (QED) is 0.0191. The van der Waals surface area contributed by atoms with Crippen LogP contribution in [0.15, 0.2) is 70.6 Å². The number of aliphatic hydroxyl groups excluding tert-OH is 1. The first kappa shape index (κ1) is 57.9. The van der Waals surface area contributed by atoms with Gasteiger partial charge >= 0.3 is 18.0 Å². The van der Waals surface area contributed by atoms with Gasteiger partial charge in [0, 0.05) is 42.4 Å². The third-order valence-corrected chi connectivity index (χ3v) is 22.1. The number of allylic oxidation sites excluding steroid dienone is 3. The first-order chi connectivity index (χ1) is 35.4. The predicted molar refractivity (Wildman–Crippen MR) is 274 cm³/mol. The average molecular weight is 1070 g/mol. The number of ether oxygens (including phenoxy) is 7. The van der Waals surface area contributed by atoms with Gasteiger partial charge in [0.25, 0.3) is 0 Å². The number of carbonyl (C=O) groups excluding carboxylic acids is 5. The van der Waals surface area contributed by atoms with Gasteiger partial charge in [-0.1, -0.05) is 71.4 Å². The number of aldehydes is 1. The van der Waals surface area contributed by atoms with Gasteiger partial charge in [-0.05, 0) is 106 Å². The van der Waals surface area contributed by atoms with Crippen molar-refractivity contribution in [3.05, 3.63) is 80.7 Å². The summed E-state index contributed by atoms with van der Waals surface area (Å²) < 4.78 is 49.4. The molecule has 3 aliphatic heterocycles. The number of fused-ring (bicyclic) bond motifs is 4. The van der Waals surface area contributed by atoms with E-state index in [0.717, 1.165) is 30.8 Å². The van der Waals surface area contributed by atoms with Crippen molar-refractivity contribution >= 4 is 38.4 Å².